The Balaban J connectivity index is 5.39. The molecule has 0 aliphatic carbocycles. The largest absolute Gasteiger partial charge is 0.481 e. The number of hydrogen-bond donors (Lipinski definition) is 1. The third-order valence-corrected chi connectivity index (χ3v) is 3.68. The molecule has 1 N–H and O–H groups in total. The Labute approximate surface area is 149 Å². The topological polar surface area (TPSA) is 101 Å². The number of carbonyl (C=O) groups excluding carboxylic acids is 3. The first kappa shape index (κ1) is 22.8. The number of carboxylic acid groups (broad SMARTS) is 1. The first-order chi connectivity index (χ1) is 11.9. The van der Waals surface area contributed by atoms with Gasteiger partial charge in [-0.15, -0.1) is 0 Å². The maximum atomic E-state index is 12.5. The predicted octanol–water partition coefficient (Wildman–Crippen LogP) is 3.03. The molecule has 7 nitrogen and oxygen atoms in total. The Kier molecular flexibility index (Phi) is 12.0. The van der Waals surface area contributed by atoms with Crippen molar-refractivity contribution in [2.45, 2.75) is 77.7 Å². The number of hydrogen-bond acceptors (Lipinski definition) is 5. The molecule has 0 saturated heterocycles. The van der Waals surface area contributed by atoms with E-state index in [0.29, 0.717) is 12.8 Å². The van der Waals surface area contributed by atoms with E-state index in [1.165, 1.54) is 0 Å². The van der Waals surface area contributed by atoms with Crippen LogP contribution in [0.25, 0.3) is 0 Å². The number of carbonyl (C=O) groups is 4. The number of carboxylic acids is 1. The third kappa shape index (κ3) is 9.02. The second-order valence-corrected chi connectivity index (χ2v) is 5.79. The molecule has 0 rings (SSSR count). The highest BCUT2D eigenvalue weighted by Crippen LogP contribution is 2.15. The SMILES string of the molecule is C=COC(=O)C(CC(=O)O)N(C(=O)CCCCC)C(=O)CCCCC. The fraction of sp³-hybridized carbons (Fsp3) is 0.667. The highest BCUT2D eigenvalue weighted by molar-refractivity contribution is 6.00. The van der Waals surface area contributed by atoms with Gasteiger partial charge in [0.25, 0.3) is 0 Å². The van der Waals surface area contributed by atoms with Crippen LogP contribution < -0.4 is 0 Å². The van der Waals surface area contributed by atoms with Crippen LogP contribution in [0.15, 0.2) is 12.8 Å². The number of esters is 1. The van der Waals surface area contributed by atoms with Crippen molar-refractivity contribution in [3.63, 3.8) is 0 Å². The lowest BCUT2D eigenvalue weighted by molar-refractivity contribution is -0.161. The number of aliphatic carboxylic acids is 1. The van der Waals surface area contributed by atoms with Crippen molar-refractivity contribution in [2.24, 2.45) is 0 Å². The Morgan fingerprint density at radius 2 is 1.48 bits per heavy atom. The van der Waals surface area contributed by atoms with E-state index in [0.717, 1.165) is 36.8 Å². The number of unbranched alkanes of at least 4 members (excludes halogenated alkanes) is 4. The average Bonchev–Trinajstić information content (AvgIpc) is 2.54. The standard InChI is InChI=1S/C18H29NO6/c1-4-7-9-11-15(20)19(16(21)12-10-8-5-2)14(13-17(22)23)18(24)25-6-3/h6,14H,3-5,7-13H2,1-2H3,(H,22,23). The Morgan fingerprint density at radius 3 is 1.84 bits per heavy atom. The van der Waals surface area contributed by atoms with Crippen LogP contribution in [0.2, 0.25) is 0 Å². The number of rotatable bonds is 13. The molecule has 0 radical (unpaired) electrons. The van der Waals surface area contributed by atoms with Crippen LogP contribution in [0.3, 0.4) is 0 Å². The van der Waals surface area contributed by atoms with Gasteiger partial charge in [0.15, 0.2) is 0 Å². The highest BCUT2D eigenvalue weighted by atomic mass is 16.5. The fourth-order valence-electron chi connectivity index (χ4n) is 2.39. The summed E-state index contributed by atoms with van der Waals surface area (Å²) in [6.45, 7) is 7.21. The minimum atomic E-state index is -1.47. The van der Waals surface area contributed by atoms with Gasteiger partial charge in [-0.1, -0.05) is 46.1 Å². The van der Waals surface area contributed by atoms with Gasteiger partial charge in [-0.3, -0.25) is 19.3 Å². The molecular weight excluding hydrogens is 326 g/mol. The Morgan fingerprint density at radius 1 is 1.00 bits per heavy atom. The zero-order valence-corrected chi connectivity index (χ0v) is 15.2. The van der Waals surface area contributed by atoms with Crippen molar-refractivity contribution >= 4 is 23.8 Å². The normalized spacial score (nSPS) is 11.4. The number of nitrogens with zero attached hydrogens (tertiary/aromatic N) is 1. The summed E-state index contributed by atoms with van der Waals surface area (Å²) in [7, 11) is 0. The van der Waals surface area contributed by atoms with E-state index >= 15 is 0 Å². The summed E-state index contributed by atoms with van der Waals surface area (Å²) in [4.78, 5) is 49.0. The molecule has 0 aromatic carbocycles. The summed E-state index contributed by atoms with van der Waals surface area (Å²) in [5.74, 6) is -3.34. The second kappa shape index (κ2) is 13.1. The smallest absolute Gasteiger partial charge is 0.334 e. The van der Waals surface area contributed by atoms with Gasteiger partial charge >= 0.3 is 11.9 Å². The molecule has 0 fully saturated rings. The zero-order valence-electron chi connectivity index (χ0n) is 15.2. The lowest BCUT2D eigenvalue weighted by Crippen LogP contribution is -2.50. The first-order valence-corrected chi connectivity index (χ1v) is 8.77. The molecule has 1 unspecified atom stereocenters. The van der Waals surface area contributed by atoms with Gasteiger partial charge in [0.1, 0.15) is 6.04 Å². The van der Waals surface area contributed by atoms with Crippen molar-refractivity contribution in [3.8, 4) is 0 Å². The van der Waals surface area contributed by atoms with E-state index < -0.39 is 36.2 Å². The van der Waals surface area contributed by atoms with Crippen LogP contribution in [0, 0.1) is 0 Å². The third-order valence-electron chi connectivity index (χ3n) is 3.68. The van der Waals surface area contributed by atoms with Crippen molar-refractivity contribution in [3.05, 3.63) is 12.8 Å². The van der Waals surface area contributed by atoms with Crippen LogP contribution >= 0.6 is 0 Å². The monoisotopic (exact) mass is 355 g/mol. The minimum Gasteiger partial charge on any atom is -0.481 e. The summed E-state index contributed by atoms with van der Waals surface area (Å²) >= 11 is 0. The molecule has 7 heteroatoms. The summed E-state index contributed by atoms with van der Waals surface area (Å²) in [6, 6.07) is -1.47. The van der Waals surface area contributed by atoms with Crippen LogP contribution in [-0.2, 0) is 23.9 Å². The van der Waals surface area contributed by atoms with E-state index in [9.17, 15) is 19.2 Å². The van der Waals surface area contributed by atoms with Crippen LogP contribution in [0.4, 0.5) is 0 Å². The van der Waals surface area contributed by atoms with E-state index in [2.05, 4.69) is 11.3 Å². The van der Waals surface area contributed by atoms with Crippen molar-refractivity contribution in [2.75, 3.05) is 0 Å². The maximum absolute atomic E-state index is 12.5. The molecule has 0 aromatic heterocycles. The summed E-state index contributed by atoms with van der Waals surface area (Å²) in [5, 5.41) is 9.06. The van der Waals surface area contributed by atoms with Crippen LogP contribution in [0.5, 0.6) is 0 Å². The zero-order chi connectivity index (χ0) is 19.2. The molecule has 0 bridgehead atoms. The summed E-state index contributed by atoms with van der Waals surface area (Å²) < 4.78 is 4.65. The van der Waals surface area contributed by atoms with E-state index in [4.69, 9.17) is 5.11 Å². The Hall–Kier alpha value is -2.18. The lowest BCUT2D eigenvalue weighted by atomic mass is 10.1. The molecule has 25 heavy (non-hydrogen) atoms. The molecule has 0 aliphatic heterocycles. The van der Waals surface area contributed by atoms with Gasteiger partial charge < -0.3 is 9.84 Å². The molecule has 0 spiro atoms. The predicted molar refractivity (Wildman–Crippen MR) is 92.5 cm³/mol. The highest BCUT2D eigenvalue weighted by Gasteiger charge is 2.36. The van der Waals surface area contributed by atoms with Crippen LogP contribution in [0.1, 0.15) is 71.6 Å². The number of ether oxygens (including phenoxy) is 1. The fourth-order valence-corrected chi connectivity index (χ4v) is 2.39. The molecule has 1 atom stereocenters. The first-order valence-electron chi connectivity index (χ1n) is 8.77. The van der Waals surface area contributed by atoms with E-state index in [1.54, 1.807) is 0 Å². The summed E-state index contributed by atoms with van der Waals surface area (Å²) in [6.07, 6.45) is 4.91. The van der Waals surface area contributed by atoms with E-state index in [1.807, 2.05) is 13.8 Å². The molecular formula is C18H29NO6. The molecule has 0 aliphatic rings. The summed E-state index contributed by atoms with van der Waals surface area (Å²) in [5.41, 5.74) is 0. The van der Waals surface area contributed by atoms with Gasteiger partial charge in [-0.25, -0.2) is 4.79 Å². The Bertz CT molecular complexity index is 452. The maximum Gasteiger partial charge on any atom is 0.334 e. The van der Waals surface area contributed by atoms with Gasteiger partial charge in [0.2, 0.25) is 11.8 Å². The molecule has 0 heterocycles. The lowest BCUT2D eigenvalue weighted by Gasteiger charge is -2.27. The minimum absolute atomic E-state index is 0.0881. The number of imide groups is 1. The van der Waals surface area contributed by atoms with Crippen LogP contribution in [-0.4, -0.2) is 39.8 Å². The second-order valence-electron chi connectivity index (χ2n) is 5.79. The van der Waals surface area contributed by atoms with E-state index in [-0.39, 0.29) is 12.8 Å². The molecule has 2 amide bonds. The van der Waals surface area contributed by atoms with Crippen molar-refractivity contribution in [1.29, 1.82) is 0 Å². The van der Waals surface area contributed by atoms with Crippen molar-refractivity contribution in [1.82, 2.24) is 4.90 Å². The van der Waals surface area contributed by atoms with Crippen molar-refractivity contribution < 1.29 is 29.0 Å². The molecule has 0 saturated carbocycles. The average molecular weight is 355 g/mol. The number of amides is 2. The van der Waals surface area contributed by atoms with Gasteiger partial charge in [0, 0.05) is 12.8 Å². The molecule has 0 aromatic rings. The molecule has 142 valence electrons. The van der Waals surface area contributed by atoms with Gasteiger partial charge in [-0.05, 0) is 12.8 Å². The van der Waals surface area contributed by atoms with Gasteiger partial charge in [0.05, 0.1) is 12.7 Å². The van der Waals surface area contributed by atoms with Gasteiger partial charge in [-0.2, -0.15) is 0 Å². The quantitative estimate of drug-likeness (QED) is 0.309.